The second-order valence-corrected chi connectivity index (χ2v) is 4.49. The lowest BCUT2D eigenvalue weighted by Gasteiger charge is -2.04. The number of nitrogens with one attached hydrogen (secondary N) is 1. The molecule has 16 heavy (non-hydrogen) atoms. The number of carbonyl (C=O) groups excluding carboxylic acids is 1. The van der Waals surface area contributed by atoms with Crippen molar-refractivity contribution in [3.8, 4) is 0 Å². The number of hydrogen-bond acceptors (Lipinski definition) is 2. The Morgan fingerprint density at radius 3 is 2.94 bits per heavy atom. The standard InChI is InChI=1S/C12H17BrN2O/c1-10-5-4-6-11(15-10)9-14-12(16)7-2-3-8-13/h4-6H,2-3,7-9H2,1H3,(H,14,16). The van der Waals surface area contributed by atoms with Gasteiger partial charge in [-0.3, -0.25) is 9.78 Å². The molecule has 1 N–H and O–H groups in total. The van der Waals surface area contributed by atoms with Crippen LogP contribution in [0.5, 0.6) is 0 Å². The van der Waals surface area contributed by atoms with Crippen molar-refractivity contribution in [1.82, 2.24) is 10.3 Å². The molecule has 1 aromatic heterocycles. The van der Waals surface area contributed by atoms with E-state index >= 15 is 0 Å². The van der Waals surface area contributed by atoms with Crippen molar-refractivity contribution in [2.75, 3.05) is 5.33 Å². The van der Waals surface area contributed by atoms with Crippen LogP contribution in [0.25, 0.3) is 0 Å². The summed E-state index contributed by atoms with van der Waals surface area (Å²) in [5, 5.41) is 3.83. The number of unbranched alkanes of at least 4 members (excludes halogenated alkanes) is 1. The van der Waals surface area contributed by atoms with Gasteiger partial charge in [-0.2, -0.15) is 0 Å². The molecule has 0 bridgehead atoms. The van der Waals surface area contributed by atoms with Gasteiger partial charge in [0.15, 0.2) is 0 Å². The normalized spacial score (nSPS) is 10.1. The smallest absolute Gasteiger partial charge is 0.220 e. The predicted octanol–water partition coefficient (Wildman–Crippen LogP) is 2.57. The Bertz CT molecular complexity index is 342. The first kappa shape index (κ1) is 13.2. The molecule has 0 radical (unpaired) electrons. The van der Waals surface area contributed by atoms with E-state index in [0.717, 1.165) is 29.6 Å². The van der Waals surface area contributed by atoms with E-state index in [1.54, 1.807) is 0 Å². The molecule has 4 heteroatoms. The number of hydrogen-bond donors (Lipinski definition) is 1. The highest BCUT2D eigenvalue weighted by Gasteiger charge is 2.01. The largest absolute Gasteiger partial charge is 0.350 e. The van der Waals surface area contributed by atoms with Gasteiger partial charge >= 0.3 is 0 Å². The van der Waals surface area contributed by atoms with Crippen LogP contribution < -0.4 is 5.32 Å². The van der Waals surface area contributed by atoms with Crippen LogP contribution in [0.1, 0.15) is 30.7 Å². The molecule has 0 saturated carbocycles. The third-order valence-corrected chi connectivity index (χ3v) is 2.76. The van der Waals surface area contributed by atoms with Crippen molar-refractivity contribution >= 4 is 21.8 Å². The maximum atomic E-state index is 11.4. The van der Waals surface area contributed by atoms with Crippen molar-refractivity contribution < 1.29 is 4.79 Å². The van der Waals surface area contributed by atoms with Gasteiger partial charge in [-0.15, -0.1) is 0 Å². The molecule has 1 rings (SSSR count). The first-order valence-corrected chi connectivity index (χ1v) is 6.59. The fourth-order valence-corrected chi connectivity index (χ4v) is 1.75. The van der Waals surface area contributed by atoms with Crippen molar-refractivity contribution in [3.63, 3.8) is 0 Å². The van der Waals surface area contributed by atoms with Crippen LogP contribution >= 0.6 is 15.9 Å². The molecule has 0 unspecified atom stereocenters. The highest BCUT2D eigenvalue weighted by Crippen LogP contribution is 2.00. The lowest BCUT2D eigenvalue weighted by atomic mass is 10.2. The van der Waals surface area contributed by atoms with Crippen LogP contribution in [0.4, 0.5) is 0 Å². The van der Waals surface area contributed by atoms with Gasteiger partial charge in [0.1, 0.15) is 0 Å². The van der Waals surface area contributed by atoms with E-state index in [1.165, 1.54) is 0 Å². The zero-order valence-corrected chi connectivity index (χ0v) is 11.1. The Morgan fingerprint density at radius 1 is 1.44 bits per heavy atom. The summed E-state index contributed by atoms with van der Waals surface area (Å²) < 4.78 is 0. The molecule has 0 aliphatic rings. The Balaban J connectivity index is 2.26. The summed E-state index contributed by atoms with van der Waals surface area (Å²) in [4.78, 5) is 15.7. The van der Waals surface area contributed by atoms with Crippen LogP contribution in [0.3, 0.4) is 0 Å². The predicted molar refractivity (Wildman–Crippen MR) is 68.5 cm³/mol. The molecule has 0 saturated heterocycles. The van der Waals surface area contributed by atoms with Crippen molar-refractivity contribution in [3.05, 3.63) is 29.6 Å². The minimum atomic E-state index is 0.101. The van der Waals surface area contributed by atoms with E-state index in [2.05, 4.69) is 26.2 Å². The molecular weight excluding hydrogens is 268 g/mol. The Hall–Kier alpha value is -0.900. The molecule has 3 nitrogen and oxygen atoms in total. The second-order valence-electron chi connectivity index (χ2n) is 3.69. The number of alkyl halides is 1. The molecule has 0 spiro atoms. The zero-order valence-electron chi connectivity index (χ0n) is 9.50. The van der Waals surface area contributed by atoms with Gasteiger partial charge < -0.3 is 5.32 Å². The van der Waals surface area contributed by atoms with Gasteiger partial charge in [0, 0.05) is 17.4 Å². The lowest BCUT2D eigenvalue weighted by Crippen LogP contribution is -2.22. The van der Waals surface area contributed by atoms with E-state index in [1.807, 2.05) is 25.1 Å². The maximum Gasteiger partial charge on any atom is 0.220 e. The van der Waals surface area contributed by atoms with Gasteiger partial charge in [0.05, 0.1) is 12.2 Å². The third-order valence-electron chi connectivity index (χ3n) is 2.20. The summed E-state index contributed by atoms with van der Waals surface area (Å²) in [6, 6.07) is 5.82. The summed E-state index contributed by atoms with van der Waals surface area (Å²) >= 11 is 3.34. The Labute approximate surface area is 105 Å². The fraction of sp³-hybridized carbons (Fsp3) is 0.500. The number of halogens is 1. The van der Waals surface area contributed by atoms with Crippen molar-refractivity contribution in [1.29, 1.82) is 0 Å². The van der Waals surface area contributed by atoms with Crippen molar-refractivity contribution in [2.24, 2.45) is 0 Å². The summed E-state index contributed by atoms with van der Waals surface area (Å²) in [5.41, 5.74) is 1.89. The molecule has 1 amide bonds. The Morgan fingerprint density at radius 2 is 2.25 bits per heavy atom. The van der Waals surface area contributed by atoms with Gasteiger partial charge in [0.2, 0.25) is 5.91 Å². The molecule has 0 fully saturated rings. The van der Waals surface area contributed by atoms with Crippen LogP contribution in [0.2, 0.25) is 0 Å². The van der Waals surface area contributed by atoms with Gasteiger partial charge in [0.25, 0.3) is 0 Å². The minimum absolute atomic E-state index is 0.101. The molecule has 0 aliphatic heterocycles. The van der Waals surface area contributed by atoms with E-state index in [9.17, 15) is 4.79 Å². The van der Waals surface area contributed by atoms with Crippen molar-refractivity contribution in [2.45, 2.75) is 32.7 Å². The topological polar surface area (TPSA) is 42.0 Å². The molecular formula is C12H17BrN2O. The Kier molecular flexibility index (Phi) is 6.08. The number of pyridine rings is 1. The molecule has 0 atom stereocenters. The monoisotopic (exact) mass is 284 g/mol. The van der Waals surface area contributed by atoms with Gasteiger partial charge in [-0.25, -0.2) is 0 Å². The van der Waals surface area contributed by atoms with E-state index < -0.39 is 0 Å². The first-order chi connectivity index (χ1) is 7.72. The molecule has 1 heterocycles. The van der Waals surface area contributed by atoms with E-state index in [-0.39, 0.29) is 5.91 Å². The number of rotatable bonds is 6. The quantitative estimate of drug-likeness (QED) is 0.644. The van der Waals surface area contributed by atoms with E-state index in [4.69, 9.17) is 0 Å². The lowest BCUT2D eigenvalue weighted by molar-refractivity contribution is -0.121. The summed E-state index contributed by atoms with van der Waals surface area (Å²) in [6.45, 7) is 2.47. The highest BCUT2D eigenvalue weighted by atomic mass is 79.9. The SMILES string of the molecule is Cc1cccc(CNC(=O)CCCCBr)n1. The van der Waals surface area contributed by atoms with Crippen LogP contribution in [0.15, 0.2) is 18.2 Å². The zero-order chi connectivity index (χ0) is 11.8. The average molecular weight is 285 g/mol. The van der Waals surface area contributed by atoms with E-state index in [0.29, 0.717) is 13.0 Å². The van der Waals surface area contributed by atoms with Gasteiger partial charge in [-0.05, 0) is 31.9 Å². The highest BCUT2D eigenvalue weighted by molar-refractivity contribution is 9.09. The fourth-order valence-electron chi connectivity index (χ4n) is 1.36. The summed E-state index contributed by atoms with van der Waals surface area (Å²) in [5.74, 6) is 0.101. The number of nitrogens with zero attached hydrogens (tertiary/aromatic N) is 1. The summed E-state index contributed by atoms with van der Waals surface area (Å²) in [6.07, 6.45) is 2.56. The number of carbonyl (C=O) groups is 1. The average Bonchev–Trinajstić information content (AvgIpc) is 2.27. The number of amides is 1. The maximum absolute atomic E-state index is 11.4. The van der Waals surface area contributed by atoms with Crippen LogP contribution in [0, 0.1) is 6.92 Å². The number of aromatic nitrogens is 1. The molecule has 0 aliphatic carbocycles. The molecule has 1 aromatic rings. The molecule has 88 valence electrons. The van der Waals surface area contributed by atoms with Crippen LogP contribution in [-0.2, 0) is 11.3 Å². The number of aryl methyl sites for hydroxylation is 1. The second kappa shape index (κ2) is 7.39. The minimum Gasteiger partial charge on any atom is -0.350 e. The third kappa shape index (κ3) is 5.26. The van der Waals surface area contributed by atoms with Gasteiger partial charge in [-0.1, -0.05) is 22.0 Å². The molecule has 0 aromatic carbocycles. The van der Waals surface area contributed by atoms with Crippen LogP contribution in [-0.4, -0.2) is 16.2 Å². The summed E-state index contributed by atoms with van der Waals surface area (Å²) in [7, 11) is 0. The first-order valence-electron chi connectivity index (χ1n) is 5.47.